The predicted octanol–water partition coefficient (Wildman–Crippen LogP) is 2.70. The van der Waals surface area contributed by atoms with Crippen LogP contribution in [0.4, 0.5) is 0 Å². The zero-order chi connectivity index (χ0) is 16.1. The van der Waals surface area contributed by atoms with Crippen LogP contribution in [0, 0.1) is 0 Å². The van der Waals surface area contributed by atoms with Crippen LogP contribution in [0.5, 0.6) is 0 Å². The molecule has 23 heavy (non-hydrogen) atoms. The van der Waals surface area contributed by atoms with Crippen molar-refractivity contribution in [3.8, 4) is 0 Å². The van der Waals surface area contributed by atoms with Crippen molar-refractivity contribution in [2.45, 2.75) is 6.54 Å². The molecule has 2 aromatic heterocycles. The SMILES string of the molecule is O=C(NCc1ccc(C(=O)c2ccccc2)s1)c1cnccn1. The Balaban J connectivity index is 1.64. The van der Waals surface area contributed by atoms with Gasteiger partial charge < -0.3 is 5.32 Å². The molecule has 1 N–H and O–H groups in total. The van der Waals surface area contributed by atoms with Gasteiger partial charge in [0.05, 0.1) is 17.6 Å². The van der Waals surface area contributed by atoms with Gasteiger partial charge in [-0.15, -0.1) is 11.3 Å². The summed E-state index contributed by atoms with van der Waals surface area (Å²) in [5.41, 5.74) is 0.925. The number of benzene rings is 1. The molecule has 0 aliphatic carbocycles. The summed E-state index contributed by atoms with van der Waals surface area (Å²) < 4.78 is 0. The Morgan fingerprint density at radius 1 is 1.04 bits per heavy atom. The van der Waals surface area contributed by atoms with E-state index in [2.05, 4.69) is 15.3 Å². The first kappa shape index (κ1) is 15.1. The van der Waals surface area contributed by atoms with Crippen molar-refractivity contribution in [1.82, 2.24) is 15.3 Å². The minimum Gasteiger partial charge on any atom is -0.346 e. The zero-order valence-corrected chi connectivity index (χ0v) is 12.9. The molecule has 0 atom stereocenters. The standard InChI is InChI=1S/C17H13N3O2S/c21-16(12-4-2-1-3-5-12)15-7-6-13(23-15)10-20-17(22)14-11-18-8-9-19-14/h1-9,11H,10H2,(H,20,22). The van der Waals surface area contributed by atoms with Crippen molar-refractivity contribution in [3.63, 3.8) is 0 Å². The molecule has 0 fully saturated rings. The normalized spacial score (nSPS) is 10.3. The molecule has 0 radical (unpaired) electrons. The third kappa shape index (κ3) is 3.67. The molecule has 2 heterocycles. The molecule has 114 valence electrons. The van der Waals surface area contributed by atoms with E-state index in [1.54, 1.807) is 18.2 Å². The summed E-state index contributed by atoms with van der Waals surface area (Å²) in [6.45, 7) is 0.349. The van der Waals surface area contributed by atoms with Crippen LogP contribution in [0.1, 0.15) is 30.6 Å². The number of aromatic nitrogens is 2. The van der Waals surface area contributed by atoms with Gasteiger partial charge in [0.2, 0.25) is 5.78 Å². The molecule has 0 saturated carbocycles. The van der Waals surface area contributed by atoms with E-state index in [1.807, 2.05) is 24.3 Å². The first-order valence-electron chi connectivity index (χ1n) is 6.97. The number of amides is 1. The average Bonchev–Trinajstić information content (AvgIpc) is 3.09. The fraction of sp³-hybridized carbons (Fsp3) is 0.0588. The maximum Gasteiger partial charge on any atom is 0.271 e. The van der Waals surface area contributed by atoms with Gasteiger partial charge in [-0.05, 0) is 12.1 Å². The molecule has 0 unspecified atom stereocenters. The number of carbonyl (C=O) groups is 2. The van der Waals surface area contributed by atoms with Crippen LogP contribution >= 0.6 is 11.3 Å². The number of ketones is 1. The van der Waals surface area contributed by atoms with Crippen molar-refractivity contribution in [2.75, 3.05) is 0 Å². The van der Waals surface area contributed by atoms with E-state index in [0.29, 0.717) is 17.0 Å². The van der Waals surface area contributed by atoms with E-state index >= 15 is 0 Å². The monoisotopic (exact) mass is 323 g/mol. The molecule has 0 spiro atoms. The molecule has 5 nitrogen and oxygen atoms in total. The molecule has 6 heteroatoms. The Hall–Kier alpha value is -2.86. The van der Waals surface area contributed by atoms with Crippen LogP contribution in [-0.2, 0) is 6.54 Å². The van der Waals surface area contributed by atoms with E-state index in [-0.39, 0.29) is 17.4 Å². The van der Waals surface area contributed by atoms with Gasteiger partial charge in [0.25, 0.3) is 5.91 Å². The lowest BCUT2D eigenvalue weighted by Gasteiger charge is -2.02. The van der Waals surface area contributed by atoms with Gasteiger partial charge in [0.15, 0.2) is 0 Å². The second-order valence-electron chi connectivity index (χ2n) is 4.73. The van der Waals surface area contributed by atoms with Gasteiger partial charge in [-0.1, -0.05) is 30.3 Å². The number of rotatable bonds is 5. The van der Waals surface area contributed by atoms with Crippen molar-refractivity contribution < 1.29 is 9.59 Å². The van der Waals surface area contributed by atoms with Gasteiger partial charge in [0.1, 0.15) is 5.69 Å². The lowest BCUT2D eigenvalue weighted by atomic mass is 10.1. The number of hydrogen-bond acceptors (Lipinski definition) is 5. The third-order valence-electron chi connectivity index (χ3n) is 3.14. The van der Waals surface area contributed by atoms with Gasteiger partial charge in [-0.2, -0.15) is 0 Å². The van der Waals surface area contributed by atoms with Crippen LogP contribution < -0.4 is 5.32 Å². The number of hydrogen-bond donors (Lipinski definition) is 1. The van der Waals surface area contributed by atoms with Gasteiger partial charge in [-0.25, -0.2) is 4.98 Å². The van der Waals surface area contributed by atoms with Crippen molar-refractivity contribution >= 4 is 23.0 Å². The maximum absolute atomic E-state index is 12.3. The summed E-state index contributed by atoms with van der Waals surface area (Å²) in [7, 11) is 0. The minimum absolute atomic E-state index is 0.0119. The minimum atomic E-state index is -0.289. The molecule has 1 amide bonds. The fourth-order valence-electron chi connectivity index (χ4n) is 2.00. The highest BCUT2D eigenvalue weighted by Crippen LogP contribution is 2.20. The molecule has 1 aromatic carbocycles. The number of nitrogens with one attached hydrogen (secondary N) is 1. The second-order valence-corrected chi connectivity index (χ2v) is 5.90. The first-order valence-corrected chi connectivity index (χ1v) is 7.78. The number of thiophene rings is 1. The topological polar surface area (TPSA) is 72.0 Å². The smallest absolute Gasteiger partial charge is 0.271 e. The van der Waals surface area contributed by atoms with Gasteiger partial charge >= 0.3 is 0 Å². The average molecular weight is 323 g/mol. The first-order chi connectivity index (χ1) is 11.2. The predicted molar refractivity (Wildman–Crippen MR) is 87.4 cm³/mol. The van der Waals surface area contributed by atoms with Crippen molar-refractivity contribution in [1.29, 1.82) is 0 Å². The van der Waals surface area contributed by atoms with E-state index < -0.39 is 0 Å². The van der Waals surface area contributed by atoms with Crippen molar-refractivity contribution in [2.24, 2.45) is 0 Å². The Morgan fingerprint density at radius 3 is 2.61 bits per heavy atom. The maximum atomic E-state index is 12.3. The number of carbonyl (C=O) groups excluding carboxylic acids is 2. The van der Waals surface area contributed by atoms with E-state index in [0.717, 1.165) is 4.88 Å². The Labute approximate surface area is 137 Å². The molecule has 0 aliphatic heterocycles. The summed E-state index contributed by atoms with van der Waals surface area (Å²) in [6.07, 6.45) is 4.39. The Morgan fingerprint density at radius 2 is 1.87 bits per heavy atom. The highest BCUT2D eigenvalue weighted by Gasteiger charge is 2.12. The van der Waals surface area contributed by atoms with Gasteiger partial charge in [-0.3, -0.25) is 14.6 Å². The molecule has 3 aromatic rings. The fourth-order valence-corrected chi connectivity index (χ4v) is 2.91. The lowest BCUT2D eigenvalue weighted by Crippen LogP contribution is -2.23. The van der Waals surface area contributed by atoms with Crippen LogP contribution in [0.2, 0.25) is 0 Å². The Kier molecular flexibility index (Phi) is 4.54. The van der Waals surface area contributed by atoms with Crippen LogP contribution in [0.15, 0.2) is 61.1 Å². The third-order valence-corrected chi connectivity index (χ3v) is 4.22. The summed E-state index contributed by atoms with van der Waals surface area (Å²) in [5, 5.41) is 2.76. The molecule has 0 bridgehead atoms. The quantitative estimate of drug-likeness (QED) is 0.733. The molecule has 0 aliphatic rings. The van der Waals surface area contributed by atoms with Crippen molar-refractivity contribution in [3.05, 3.63) is 82.1 Å². The summed E-state index contributed by atoms with van der Waals surface area (Å²) in [4.78, 5) is 33.6. The van der Waals surface area contributed by atoms with Gasteiger partial charge in [0, 0.05) is 22.8 Å². The van der Waals surface area contributed by atoms with Crippen LogP contribution in [0.3, 0.4) is 0 Å². The van der Waals surface area contributed by atoms with Crippen LogP contribution in [0.25, 0.3) is 0 Å². The van der Waals surface area contributed by atoms with E-state index in [1.165, 1.54) is 29.9 Å². The molecule has 3 rings (SSSR count). The highest BCUT2D eigenvalue weighted by atomic mass is 32.1. The Bertz CT molecular complexity index is 816. The van der Waals surface area contributed by atoms with Crippen LogP contribution in [-0.4, -0.2) is 21.7 Å². The summed E-state index contributed by atoms with van der Waals surface area (Å²) >= 11 is 1.37. The second kappa shape index (κ2) is 6.93. The van der Waals surface area contributed by atoms with E-state index in [9.17, 15) is 9.59 Å². The highest BCUT2D eigenvalue weighted by molar-refractivity contribution is 7.14. The lowest BCUT2D eigenvalue weighted by molar-refractivity contribution is 0.0945. The zero-order valence-electron chi connectivity index (χ0n) is 12.1. The summed E-state index contributed by atoms with van der Waals surface area (Å²) in [6, 6.07) is 12.8. The molecular formula is C17H13N3O2S. The summed E-state index contributed by atoms with van der Waals surface area (Å²) in [5.74, 6) is -0.301. The molecular weight excluding hydrogens is 310 g/mol. The molecule has 0 saturated heterocycles. The number of nitrogens with zero attached hydrogens (tertiary/aromatic N) is 2. The largest absolute Gasteiger partial charge is 0.346 e. The van der Waals surface area contributed by atoms with E-state index in [4.69, 9.17) is 0 Å².